The summed E-state index contributed by atoms with van der Waals surface area (Å²) in [6.45, 7) is -0.340. The number of anilines is 1. The first kappa shape index (κ1) is 15.6. The van der Waals surface area contributed by atoms with Gasteiger partial charge >= 0.3 is 0 Å². The third kappa shape index (κ3) is 2.85. The third-order valence-corrected chi connectivity index (χ3v) is 3.61. The second-order valence-electron chi connectivity index (χ2n) is 5.13. The normalized spacial score (nSPS) is 23.9. The van der Waals surface area contributed by atoms with Crippen LogP contribution in [0.5, 0.6) is 0 Å². The van der Waals surface area contributed by atoms with E-state index < -0.39 is 18.4 Å². The average Bonchev–Trinajstić information content (AvgIpc) is 3.08. The minimum atomic E-state index is -0.792. The second-order valence-corrected chi connectivity index (χ2v) is 5.13. The van der Waals surface area contributed by atoms with Crippen molar-refractivity contribution in [2.45, 2.75) is 31.3 Å². The summed E-state index contributed by atoms with van der Waals surface area (Å²) < 4.78 is 7.30. The zero-order valence-corrected chi connectivity index (χ0v) is 12.3. The number of ether oxygens (including phenoxy) is 1. The zero-order chi connectivity index (χ0) is 16.4. The quantitative estimate of drug-likeness (QED) is 0.516. The maximum Gasteiger partial charge on any atom is 0.189 e. The lowest BCUT2D eigenvalue weighted by Gasteiger charge is -2.14. The van der Waals surface area contributed by atoms with Gasteiger partial charge in [-0.05, 0) is 5.92 Å². The maximum atomic E-state index is 9.94. The summed E-state index contributed by atoms with van der Waals surface area (Å²) in [5.74, 6) is 6.22. The summed E-state index contributed by atoms with van der Waals surface area (Å²) in [5.41, 5.74) is 6.67. The fourth-order valence-electron chi connectivity index (χ4n) is 2.52. The molecule has 2 aromatic rings. The van der Waals surface area contributed by atoms with E-state index in [-0.39, 0.29) is 25.5 Å². The Morgan fingerprint density at radius 1 is 1.39 bits per heavy atom. The smallest absolute Gasteiger partial charge is 0.189 e. The molecular weight excluding hydrogens is 302 g/mol. The lowest BCUT2D eigenvalue weighted by atomic mass is 10.2. The number of hydrogen-bond donors (Lipinski definition) is 4. The fraction of sp³-hybridized carbons (Fsp3) is 0.500. The SMILES string of the molecule is Nc1ncnc2c1nc(C#CCCO)n2[C@H]1C[C@H](O)[C@@H](CO)O1. The molecule has 0 spiro atoms. The summed E-state index contributed by atoms with van der Waals surface area (Å²) in [6.07, 6.45) is -0.141. The number of nitrogens with zero attached hydrogens (tertiary/aromatic N) is 4. The molecule has 9 heteroatoms. The molecule has 122 valence electrons. The first-order chi connectivity index (χ1) is 11.2. The Hall–Kier alpha value is -2.25. The minimum absolute atomic E-state index is 0.0552. The largest absolute Gasteiger partial charge is 0.395 e. The second kappa shape index (κ2) is 6.47. The van der Waals surface area contributed by atoms with Crippen molar-refractivity contribution in [2.24, 2.45) is 0 Å². The van der Waals surface area contributed by atoms with E-state index in [1.807, 2.05) is 0 Å². The van der Waals surface area contributed by atoms with Crippen LogP contribution in [-0.4, -0.2) is 60.3 Å². The van der Waals surface area contributed by atoms with Crippen LogP contribution in [0, 0.1) is 11.8 Å². The number of aliphatic hydroxyl groups excluding tert-OH is 3. The molecule has 0 aliphatic carbocycles. The number of nitrogen functional groups attached to an aromatic ring is 1. The third-order valence-electron chi connectivity index (χ3n) is 3.61. The molecule has 1 aliphatic heterocycles. The molecule has 1 saturated heterocycles. The summed E-state index contributed by atoms with van der Waals surface area (Å²) in [4.78, 5) is 12.4. The molecule has 1 aliphatic rings. The first-order valence-corrected chi connectivity index (χ1v) is 7.18. The van der Waals surface area contributed by atoms with Gasteiger partial charge in [-0.2, -0.15) is 0 Å². The molecule has 0 bridgehead atoms. The Morgan fingerprint density at radius 2 is 2.22 bits per heavy atom. The number of hydrogen-bond acceptors (Lipinski definition) is 8. The Labute approximate surface area is 131 Å². The molecule has 0 aromatic carbocycles. The van der Waals surface area contributed by atoms with E-state index >= 15 is 0 Å². The lowest BCUT2D eigenvalue weighted by molar-refractivity contribution is -0.0434. The van der Waals surface area contributed by atoms with Gasteiger partial charge in [-0.1, -0.05) is 5.92 Å². The number of aromatic nitrogens is 4. The molecule has 0 saturated carbocycles. The Morgan fingerprint density at radius 3 is 2.91 bits per heavy atom. The number of fused-ring (bicyclic) bond motifs is 1. The van der Waals surface area contributed by atoms with E-state index in [0.717, 1.165) is 0 Å². The highest BCUT2D eigenvalue weighted by Gasteiger charge is 2.36. The van der Waals surface area contributed by atoms with Gasteiger partial charge in [0, 0.05) is 12.8 Å². The number of imidazole rings is 1. The van der Waals surface area contributed by atoms with E-state index in [4.69, 9.17) is 15.6 Å². The van der Waals surface area contributed by atoms with Crippen molar-refractivity contribution in [1.29, 1.82) is 0 Å². The van der Waals surface area contributed by atoms with Crippen molar-refractivity contribution in [2.75, 3.05) is 18.9 Å². The standard InChI is InChI=1S/C14H17N5O4/c15-13-12-14(17-7-16-13)19(10(18-12)3-1-2-4-20)11-5-8(22)9(6-21)23-11/h7-9,11,20-22H,2,4-6H2,(H2,15,16,17)/t8-,9+,11+/m0/s1. The van der Waals surface area contributed by atoms with Crippen LogP contribution in [0.3, 0.4) is 0 Å². The molecule has 0 radical (unpaired) electrons. The summed E-state index contributed by atoms with van der Waals surface area (Å²) in [5, 5.41) is 28.0. The maximum absolute atomic E-state index is 9.94. The average molecular weight is 319 g/mol. The van der Waals surface area contributed by atoms with Crippen LogP contribution in [-0.2, 0) is 4.74 Å². The van der Waals surface area contributed by atoms with Gasteiger partial charge in [0.25, 0.3) is 0 Å². The van der Waals surface area contributed by atoms with Crippen molar-refractivity contribution >= 4 is 17.0 Å². The highest BCUT2D eigenvalue weighted by molar-refractivity contribution is 5.82. The number of aliphatic hydroxyl groups is 3. The fourth-order valence-corrected chi connectivity index (χ4v) is 2.52. The molecule has 23 heavy (non-hydrogen) atoms. The molecule has 0 unspecified atom stereocenters. The minimum Gasteiger partial charge on any atom is -0.395 e. The van der Waals surface area contributed by atoms with Gasteiger partial charge in [0.1, 0.15) is 18.7 Å². The molecular formula is C14H17N5O4. The van der Waals surface area contributed by atoms with Gasteiger partial charge in [0.05, 0.1) is 19.3 Å². The van der Waals surface area contributed by atoms with E-state index in [2.05, 4.69) is 26.8 Å². The molecule has 9 nitrogen and oxygen atoms in total. The number of nitrogens with two attached hydrogens (primary N) is 1. The van der Waals surface area contributed by atoms with Crippen molar-refractivity contribution < 1.29 is 20.1 Å². The van der Waals surface area contributed by atoms with Crippen LogP contribution in [0.15, 0.2) is 6.33 Å². The Kier molecular flexibility index (Phi) is 4.40. The van der Waals surface area contributed by atoms with Crippen molar-refractivity contribution in [3.63, 3.8) is 0 Å². The highest BCUT2D eigenvalue weighted by atomic mass is 16.5. The topological polar surface area (TPSA) is 140 Å². The Balaban J connectivity index is 2.08. The van der Waals surface area contributed by atoms with Gasteiger partial charge < -0.3 is 25.8 Å². The lowest BCUT2D eigenvalue weighted by Crippen LogP contribution is -2.24. The first-order valence-electron chi connectivity index (χ1n) is 7.18. The van der Waals surface area contributed by atoms with E-state index in [1.54, 1.807) is 4.57 Å². The Bertz CT molecular complexity index is 766. The molecule has 3 rings (SSSR count). The van der Waals surface area contributed by atoms with Gasteiger partial charge in [0.15, 0.2) is 22.8 Å². The predicted molar refractivity (Wildman–Crippen MR) is 79.9 cm³/mol. The van der Waals surface area contributed by atoms with E-state index in [1.165, 1.54) is 6.33 Å². The van der Waals surface area contributed by atoms with Crippen LogP contribution >= 0.6 is 0 Å². The molecule has 3 heterocycles. The van der Waals surface area contributed by atoms with Crippen LogP contribution in [0.2, 0.25) is 0 Å². The summed E-state index contributed by atoms with van der Waals surface area (Å²) in [6, 6.07) is 0. The van der Waals surface area contributed by atoms with Crippen molar-refractivity contribution in [3.05, 3.63) is 12.2 Å². The highest BCUT2D eigenvalue weighted by Crippen LogP contribution is 2.32. The van der Waals surface area contributed by atoms with Gasteiger partial charge in [-0.3, -0.25) is 4.57 Å². The van der Waals surface area contributed by atoms with Crippen molar-refractivity contribution in [1.82, 2.24) is 19.5 Å². The van der Waals surface area contributed by atoms with Gasteiger partial charge in [-0.25, -0.2) is 15.0 Å². The predicted octanol–water partition coefficient (Wildman–Crippen LogP) is -1.22. The van der Waals surface area contributed by atoms with E-state index in [0.29, 0.717) is 23.4 Å². The molecule has 2 aromatic heterocycles. The van der Waals surface area contributed by atoms with Crippen LogP contribution in [0.1, 0.15) is 24.9 Å². The van der Waals surface area contributed by atoms with Crippen molar-refractivity contribution in [3.8, 4) is 11.8 Å². The number of rotatable bonds is 3. The molecule has 0 amide bonds. The van der Waals surface area contributed by atoms with Crippen LogP contribution in [0.25, 0.3) is 11.2 Å². The summed E-state index contributed by atoms with van der Waals surface area (Å²) >= 11 is 0. The monoisotopic (exact) mass is 319 g/mol. The van der Waals surface area contributed by atoms with E-state index in [9.17, 15) is 10.2 Å². The molecule has 3 atom stereocenters. The van der Waals surface area contributed by atoms with Crippen LogP contribution in [0.4, 0.5) is 5.82 Å². The zero-order valence-electron chi connectivity index (χ0n) is 12.3. The molecule has 5 N–H and O–H groups in total. The van der Waals surface area contributed by atoms with Gasteiger partial charge in [0.2, 0.25) is 0 Å². The van der Waals surface area contributed by atoms with Crippen LogP contribution < -0.4 is 5.73 Å². The summed E-state index contributed by atoms with van der Waals surface area (Å²) in [7, 11) is 0. The van der Waals surface area contributed by atoms with Gasteiger partial charge in [-0.15, -0.1) is 0 Å². The molecule has 1 fully saturated rings.